The van der Waals surface area contributed by atoms with E-state index in [0.717, 1.165) is 28.3 Å². The zero-order valence-corrected chi connectivity index (χ0v) is 15.1. The summed E-state index contributed by atoms with van der Waals surface area (Å²) in [4.78, 5) is 4.53. The lowest BCUT2D eigenvalue weighted by molar-refractivity contribution is 0.324. The zero-order chi connectivity index (χ0) is 18.0. The van der Waals surface area contributed by atoms with Crippen LogP contribution in [0.3, 0.4) is 0 Å². The van der Waals surface area contributed by atoms with Crippen molar-refractivity contribution in [1.29, 1.82) is 0 Å². The Labute approximate surface area is 146 Å². The summed E-state index contributed by atoms with van der Waals surface area (Å²) in [6.07, 6.45) is 1.74. The van der Waals surface area contributed by atoms with Crippen molar-refractivity contribution < 1.29 is 14.2 Å². The van der Waals surface area contributed by atoms with Gasteiger partial charge in [-0.25, -0.2) is 4.98 Å². The smallest absolute Gasteiger partial charge is 0.203 e. The van der Waals surface area contributed by atoms with Crippen LogP contribution in [-0.2, 0) is 6.54 Å². The van der Waals surface area contributed by atoms with Crippen molar-refractivity contribution in [1.82, 2.24) is 14.6 Å². The summed E-state index contributed by atoms with van der Waals surface area (Å²) in [6.45, 7) is 4.60. The average Bonchev–Trinajstić information content (AvgIpc) is 3.08. The summed E-state index contributed by atoms with van der Waals surface area (Å²) in [5.74, 6) is 2.76. The molecule has 3 rings (SSSR count). The summed E-state index contributed by atoms with van der Waals surface area (Å²) >= 11 is 0. The Hall–Kier alpha value is -2.96. The Kier molecular flexibility index (Phi) is 4.65. The van der Waals surface area contributed by atoms with Crippen LogP contribution in [0.4, 0.5) is 5.82 Å². The van der Waals surface area contributed by atoms with E-state index in [9.17, 15) is 0 Å². The standard InChI is InChI=1S/C18H22N4O3/c1-11-12(2)21-16-6-7-20-22(16)18(11)19-10-13-8-14(23-3)17(25-5)15(9-13)24-4/h6-9,19H,10H2,1-5H3. The monoisotopic (exact) mass is 342 g/mol. The van der Waals surface area contributed by atoms with Gasteiger partial charge in [-0.2, -0.15) is 9.61 Å². The van der Waals surface area contributed by atoms with Gasteiger partial charge in [0.25, 0.3) is 0 Å². The SMILES string of the molecule is COc1cc(CNc2c(C)c(C)nc3ccnn23)cc(OC)c1OC. The number of aromatic nitrogens is 3. The Morgan fingerprint density at radius 2 is 1.72 bits per heavy atom. The lowest BCUT2D eigenvalue weighted by atomic mass is 10.1. The minimum Gasteiger partial charge on any atom is -0.493 e. The second-order valence-corrected chi connectivity index (χ2v) is 5.66. The maximum absolute atomic E-state index is 5.41. The summed E-state index contributed by atoms with van der Waals surface area (Å²) in [6, 6.07) is 5.74. The molecule has 7 nitrogen and oxygen atoms in total. The van der Waals surface area contributed by atoms with Crippen LogP contribution in [0.5, 0.6) is 17.2 Å². The van der Waals surface area contributed by atoms with Crippen LogP contribution in [0.1, 0.15) is 16.8 Å². The molecule has 1 N–H and O–H groups in total. The lowest BCUT2D eigenvalue weighted by Crippen LogP contribution is -2.10. The maximum Gasteiger partial charge on any atom is 0.203 e. The van der Waals surface area contributed by atoms with Gasteiger partial charge in [-0.1, -0.05) is 0 Å². The number of aryl methyl sites for hydroxylation is 1. The van der Waals surface area contributed by atoms with E-state index in [2.05, 4.69) is 15.4 Å². The molecule has 0 saturated heterocycles. The molecule has 3 aromatic rings. The number of hydrogen-bond donors (Lipinski definition) is 1. The van der Waals surface area contributed by atoms with Gasteiger partial charge >= 0.3 is 0 Å². The first-order valence-corrected chi connectivity index (χ1v) is 7.92. The predicted molar refractivity (Wildman–Crippen MR) is 95.9 cm³/mol. The topological polar surface area (TPSA) is 69.9 Å². The van der Waals surface area contributed by atoms with Gasteiger partial charge in [0, 0.05) is 23.9 Å². The molecule has 0 bridgehead atoms. The second kappa shape index (κ2) is 6.88. The number of rotatable bonds is 6. The average molecular weight is 342 g/mol. The van der Waals surface area contributed by atoms with Gasteiger partial charge < -0.3 is 19.5 Å². The Balaban J connectivity index is 1.94. The van der Waals surface area contributed by atoms with Crippen LogP contribution >= 0.6 is 0 Å². The molecule has 0 fully saturated rings. The summed E-state index contributed by atoms with van der Waals surface area (Å²) in [7, 11) is 4.81. The van der Waals surface area contributed by atoms with E-state index >= 15 is 0 Å². The fourth-order valence-electron chi connectivity index (χ4n) is 2.77. The third-order valence-electron chi connectivity index (χ3n) is 4.20. The summed E-state index contributed by atoms with van der Waals surface area (Å²) in [5, 5.41) is 7.80. The fourth-order valence-corrected chi connectivity index (χ4v) is 2.77. The minimum absolute atomic E-state index is 0.579. The highest BCUT2D eigenvalue weighted by Gasteiger charge is 2.14. The third-order valence-corrected chi connectivity index (χ3v) is 4.20. The molecule has 132 valence electrons. The van der Waals surface area contributed by atoms with Crippen LogP contribution < -0.4 is 19.5 Å². The van der Waals surface area contributed by atoms with Crippen molar-refractivity contribution in [3.63, 3.8) is 0 Å². The summed E-state index contributed by atoms with van der Waals surface area (Å²) in [5.41, 5.74) is 3.85. The molecule has 2 heterocycles. The van der Waals surface area contributed by atoms with Gasteiger partial charge in [0.2, 0.25) is 5.75 Å². The molecule has 0 amide bonds. The molecular formula is C18H22N4O3. The Bertz CT molecular complexity index is 880. The van der Waals surface area contributed by atoms with Gasteiger partial charge in [-0.05, 0) is 31.5 Å². The van der Waals surface area contributed by atoms with Crippen LogP contribution in [0.2, 0.25) is 0 Å². The summed E-state index contributed by atoms with van der Waals surface area (Å²) < 4.78 is 18.0. The largest absolute Gasteiger partial charge is 0.493 e. The number of benzene rings is 1. The van der Waals surface area contributed by atoms with Crippen molar-refractivity contribution in [2.45, 2.75) is 20.4 Å². The molecule has 0 atom stereocenters. The number of hydrogen-bond acceptors (Lipinski definition) is 6. The first kappa shape index (κ1) is 16.9. The molecule has 0 unspecified atom stereocenters. The molecule has 1 aromatic carbocycles. The molecule has 7 heteroatoms. The number of ether oxygens (including phenoxy) is 3. The van der Waals surface area contributed by atoms with E-state index < -0.39 is 0 Å². The van der Waals surface area contributed by atoms with Gasteiger partial charge in [0.15, 0.2) is 17.1 Å². The quantitative estimate of drug-likeness (QED) is 0.743. The molecular weight excluding hydrogens is 320 g/mol. The van der Waals surface area contributed by atoms with E-state index in [-0.39, 0.29) is 0 Å². The van der Waals surface area contributed by atoms with Crippen LogP contribution in [0.25, 0.3) is 5.65 Å². The van der Waals surface area contributed by atoms with E-state index in [1.54, 1.807) is 32.0 Å². The zero-order valence-electron chi connectivity index (χ0n) is 15.1. The van der Waals surface area contributed by atoms with Crippen molar-refractivity contribution in [3.05, 3.63) is 41.2 Å². The lowest BCUT2D eigenvalue weighted by Gasteiger charge is -2.16. The highest BCUT2D eigenvalue weighted by atomic mass is 16.5. The van der Waals surface area contributed by atoms with E-state index in [1.807, 2.05) is 32.0 Å². The molecule has 0 aliphatic heterocycles. The van der Waals surface area contributed by atoms with Crippen molar-refractivity contribution >= 4 is 11.5 Å². The Morgan fingerprint density at radius 3 is 2.32 bits per heavy atom. The number of nitrogens with one attached hydrogen (secondary N) is 1. The first-order chi connectivity index (χ1) is 12.1. The Morgan fingerprint density at radius 1 is 1.04 bits per heavy atom. The molecule has 25 heavy (non-hydrogen) atoms. The van der Waals surface area contributed by atoms with Gasteiger partial charge in [0.05, 0.1) is 27.5 Å². The van der Waals surface area contributed by atoms with Gasteiger partial charge in [-0.3, -0.25) is 0 Å². The van der Waals surface area contributed by atoms with Crippen molar-refractivity contribution in [2.75, 3.05) is 26.6 Å². The fraction of sp³-hybridized carbons (Fsp3) is 0.333. The maximum atomic E-state index is 5.41. The van der Waals surface area contributed by atoms with Gasteiger partial charge in [0.1, 0.15) is 5.82 Å². The predicted octanol–water partition coefficient (Wildman–Crippen LogP) is 2.98. The van der Waals surface area contributed by atoms with Crippen LogP contribution in [-0.4, -0.2) is 35.9 Å². The number of nitrogens with zero attached hydrogens (tertiary/aromatic N) is 3. The highest BCUT2D eigenvalue weighted by molar-refractivity contribution is 5.57. The molecule has 0 saturated carbocycles. The minimum atomic E-state index is 0.579. The van der Waals surface area contributed by atoms with E-state index in [0.29, 0.717) is 23.8 Å². The number of anilines is 1. The third kappa shape index (κ3) is 3.05. The second-order valence-electron chi connectivity index (χ2n) is 5.66. The first-order valence-electron chi connectivity index (χ1n) is 7.92. The molecule has 0 aliphatic rings. The van der Waals surface area contributed by atoms with Crippen molar-refractivity contribution in [2.24, 2.45) is 0 Å². The number of methoxy groups -OCH3 is 3. The highest BCUT2D eigenvalue weighted by Crippen LogP contribution is 2.38. The normalized spacial score (nSPS) is 10.8. The molecule has 0 spiro atoms. The molecule has 0 aliphatic carbocycles. The van der Waals surface area contributed by atoms with Crippen molar-refractivity contribution in [3.8, 4) is 17.2 Å². The molecule has 2 aromatic heterocycles. The van der Waals surface area contributed by atoms with Gasteiger partial charge in [-0.15, -0.1) is 0 Å². The van der Waals surface area contributed by atoms with E-state index in [4.69, 9.17) is 14.2 Å². The van der Waals surface area contributed by atoms with Crippen LogP contribution in [0, 0.1) is 13.8 Å². The number of fused-ring (bicyclic) bond motifs is 1. The van der Waals surface area contributed by atoms with Crippen LogP contribution in [0.15, 0.2) is 24.4 Å². The van der Waals surface area contributed by atoms with E-state index in [1.165, 1.54) is 0 Å². The molecule has 0 radical (unpaired) electrons.